The Bertz CT molecular complexity index is 889. The van der Waals surface area contributed by atoms with Crippen molar-refractivity contribution in [2.75, 3.05) is 20.8 Å². The first-order valence-electron chi connectivity index (χ1n) is 8.62. The molecule has 0 saturated heterocycles. The average molecular weight is 386 g/mol. The number of hydrogen-bond acceptors (Lipinski definition) is 6. The van der Waals surface area contributed by atoms with Crippen LogP contribution >= 0.6 is 11.3 Å². The predicted octanol–water partition coefficient (Wildman–Crippen LogP) is 4.01. The summed E-state index contributed by atoms with van der Waals surface area (Å²) in [5, 5.41) is 2.67. The van der Waals surface area contributed by atoms with E-state index < -0.39 is 0 Å². The molecule has 0 unspecified atom stereocenters. The van der Waals surface area contributed by atoms with Crippen molar-refractivity contribution in [2.45, 2.75) is 19.9 Å². The van der Waals surface area contributed by atoms with E-state index in [-0.39, 0.29) is 12.3 Å². The van der Waals surface area contributed by atoms with Crippen LogP contribution in [0.15, 0.2) is 46.4 Å². The molecule has 2 heterocycles. The number of rotatable bonds is 8. The number of aromatic nitrogens is 1. The molecule has 6 nitrogen and oxygen atoms in total. The quantitative estimate of drug-likeness (QED) is 0.585. The molecule has 3 rings (SSSR count). The van der Waals surface area contributed by atoms with Crippen LogP contribution in [-0.4, -0.2) is 36.6 Å². The molecule has 0 radical (unpaired) electrons. The fourth-order valence-electron chi connectivity index (χ4n) is 2.64. The highest BCUT2D eigenvalue weighted by atomic mass is 32.1. The number of furan rings is 1. The average Bonchev–Trinajstić information content (AvgIpc) is 3.34. The number of likely N-dealkylation sites (N-methyl/N-ethyl adjacent to an activating group) is 1. The van der Waals surface area contributed by atoms with E-state index in [1.54, 1.807) is 25.3 Å². The lowest BCUT2D eigenvalue weighted by molar-refractivity contribution is -0.129. The van der Waals surface area contributed by atoms with Gasteiger partial charge in [0.05, 0.1) is 32.1 Å². The van der Waals surface area contributed by atoms with Crippen LogP contribution in [-0.2, 0) is 17.8 Å². The van der Waals surface area contributed by atoms with E-state index >= 15 is 0 Å². The van der Waals surface area contributed by atoms with E-state index in [9.17, 15) is 4.79 Å². The Morgan fingerprint density at radius 3 is 2.85 bits per heavy atom. The molecule has 142 valence electrons. The number of amides is 1. The summed E-state index contributed by atoms with van der Waals surface area (Å²) in [6.07, 6.45) is 1.86. The molecular weight excluding hydrogens is 364 g/mol. The highest BCUT2D eigenvalue weighted by Crippen LogP contribution is 2.28. The zero-order chi connectivity index (χ0) is 19.2. The van der Waals surface area contributed by atoms with Gasteiger partial charge in [-0.05, 0) is 36.8 Å². The monoisotopic (exact) mass is 386 g/mol. The van der Waals surface area contributed by atoms with Crippen LogP contribution < -0.4 is 9.47 Å². The van der Waals surface area contributed by atoms with Gasteiger partial charge in [0.1, 0.15) is 0 Å². The number of methoxy groups -OCH3 is 1. The Morgan fingerprint density at radius 1 is 1.30 bits per heavy atom. The molecule has 2 aromatic heterocycles. The van der Waals surface area contributed by atoms with Crippen molar-refractivity contribution in [1.82, 2.24) is 9.88 Å². The van der Waals surface area contributed by atoms with Crippen molar-refractivity contribution in [2.24, 2.45) is 0 Å². The third-order valence-electron chi connectivity index (χ3n) is 3.99. The minimum absolute atomic E-state index is 0.000790. The Kier molecular flexibility index (Phi) is 6.13. The predicted molar refractivity (Wildman–Crippen MR) is 104 cm³/mol. The summed E-state index contributed by atoms with van der Waals surface area (Å²) in [5.41, 5.74) is 1.72. The second kappa shape index (κ2) is 8.73. The molecule has 0 fully saturated rings. The smallest absolute Gasteiger partial charge is 0.228 e. The maximum absolute atomic E-state index is 12.5. The number of carbonyl (C=O) groups excluding carboxylic acids is 1. The number of benzene rings is 1. The van der Waals surface area contributed by atoms with E-state index in [4.69, 9.17) is 13.9 Å². The number of ether oxygens (including phenoxy) is 2. The van der Waals surface area contributed by atoms with E-state index in [1.807, 2.05) is 42.6 Å². The van der Waals surface area contributed by atoms with Crippen LogP contribution in [0.5, 0.6) is 11.5 Å². The third kappa shape index (κ3) is 4.68. The molecular formula is C20H22N2O4S. The number of carbonyl (C=O) groups is 1. The zero-order valence-corrected chi connectivity index (χ0v) is 16.4. The molecule has 0 aliphatic rings. The SMILES string of the molecule is CCOc1ccc(CN(C)C(=O)Cc2csc(-c3ccco3)n2)cc1OC. The lowest BCUT2D eigenvalue weighted by Gasteiger charge is -2.18. The number of thiazole rings is 1. The van der Waals surface area contributed by atoms with Crippen LogP contribution in [0, 0.1) is 0 Å². The van der Waals surface area contributed by atoms with Crippen LogP contribution in [0.1, 0.15) is 18.2 Å². The fourth-order valence-corrected chi connectivity index (χ4v) is 3.42. The van der Waals surface area contributed by atoms with Crippen molar-refractivity contribution >= 4 is 17.2 Å². The van der Waals surface area contributed by atoms with Crippen LogP contribution in [0.4, 0.5) is 0 Å². The highest BCUT2D eigenvalue weighted by molar-refractivity contribution is 7.13. The molecule has 1 aromatic carbocycles. The van der Waals surface area contributed by atoms with Crippen LogP contribution in [0.2, 0.25) is 0 Å². The summed E-state index contributed by atoms with van der Waals surface area (Å²) < 4.78 is 16.2. The van der Waals surface area contributed by atoms with Gasteiger partial charge in [-0.25, -0.2) is 4.98 Å². The third-order valence-corrected chi connectivity index (χ3v) is 4.90. The van der Waals surface area contributed by atoms with Gasteiger partial charge in [0, 0.05) is 19.0 Å². The molecule has 0 saturated carbocycles. The Hall–Kier alpha value is -2.80. The summed E-state index contributed by atoms with van der Waals surface area (Å²) >= 11 is 1.47. The van der Waals surface area contributed by atoms with Crippen molar-refractivity contribution < 1.29 is 18.7 Å². The van der Waals surface area contributed by atoms with Crippen molar-refractivity contribution in [3.05, 3.63) is 53.2 Å². The molecule has 0 N–H and O–H groups in total. The maximum Gasteiger partial charge on any atom is 0.228 e. The minimum Gasteiger partial charge on any atom is -0.493 e. The standard InChI is InChI=1S/C20H22N2O4S/c1-4-25-16-8-7-14(10-18(16)24-3)12-22(2)19(23)11-15-13-27-20(21-15)17-6-5-9-26-17/h5-10,13H,4,11-12H2,1-3H3. The fraction of sp³-hybridized carbons (Fsp3) is 0.300. The van der Waals surface area contributed by atoms with E-state index in [2.05, 4.69) is 4.98 Å². The first kappa shape index (κ1) is 19.0. The first-order valence-corrected chi connectivity index (χ1v) is 9.50. The Balaban J connectivity index is 1.62. The second-order valence-electron chi connectivity index (χ2n) is 5.97. The van der Waals surface area contributed by atoms with Crippen LogP contribution in [0.3, 0.4) is 0 Å². The van der Waals surface area contributed by atoms with E-state index in [0.717, 1.165) is 16.3 Å². The molecule has 0 aliphatic heterocycles. The summed E-state index contributed by atoms with van der Waals surface area (Å²) in [4.78, 5) is 18.7. The van der Waals surface area contributed by atoms with Gasteiger partial charge in [-0.2, -0.15) is 0 Å². The van der Waals surface area contributed by atoms with Crippen molar-refractivity contribution in [1.29, 1.82) is 0 Å². The van der Waals surface area contributed by atoms with Gasteiger partial charge in [-0.15, -0.1) is 11.3 Å². The highest BCUT2D eigenvalue weighted by Gasteiger charge is 2.15. The Morgan fingerprint density at radius 2 is 2.15 bits per heavy atom. The topological polar surface area (TPSA) is 64.8 Å². The maximum atomic E-state index is 12.5. The normalized spacial score (nSPS) is 10.6. The molecule has 3 aromatic rings. The lowest BCUT2D eigenvalue weighted by atomic mass is 10.2. The molecule has 0 bridgehead atoms. The van der Waals surface area contributed by atoms with Gasteiger partial charge in [0.25, 0.3) is 0 Å². The van der Waals surface area contributed by atoms with E-state index in [0.29, 0.717) is 30.4 Å². The van der Waals surface area contributed by atoms with Gasteiger partial charge in [-0.3, -0.25) is 4.79 Å². The van der Waals surface area contributed by atoms with Crippen molar-refractivity contribution in [3.63, 3.8) is 0 Å². The Labute approximate surface area is 162 Å². The number of nitrogens with zero attached hydrogens (tertiary/aromatic N) is 2. The number of hydrogen-bond donors (Lipinski definition) is 0. The van der Waals surface area contributed by atoms with Crippen molar-refractivity contribution in [3.8, 4) is 22.3 Å². The molecule has 0 aliphatic carbocycles. The summed E-state index contributed by atoms with van der Waals surface area (Å²) in [6, 6.07) is 9.38. The van der Waals surface area contributed by atoms with Gasteiger partial charge in [-0.1, -0.05) is 6.07 Å². The summed E-state index contributed by atoms with van der Waals surface area (Å²) in [5.74, 6) is 2.08. The first-order chi connectivity index (χ1) is 13.1. The minimum atomic E-state index is -0.000790. The summed E-state index contributed by atoms with van der Waals surface area (Å²) in [7, 11) is 3.39. The molecule has 7 heteroatoms. The van der Waals surface area contributed by atoms with E-state index in [1.165, 1.54) is 11.3 Å². The lowest BCUT2D eigenvalue weighted by Crippen LogP contribution is -2.27. The molecule has 27 heavy (non-hydrogen) atoms. The summed E-state index contributed by atoms with van der Waals surface area (Å²) in [6.45, 7) is 2.98. The molecule has 1 amide bonds. The molecule has 0 atom stereocenters. The van der Waals surface area contributed by atoms with Gasteiger partial charge >= 0.3 is 0 Å². The van der Waals surface area contributed by atoms with Gasteiger partial charge in [0.15, 0.2) is 22.3 Å². The second-order valence-corrected chi connectivity index (χ2v) is 6.82. The molecule has 0 spiro atoms. The largest absolute Gasteiger partial charge is 0.493 e. The van der Waals surface area contributed by atoms with Crippen LogP contribution in [0.25, 0.3) is 10.8 Å². The zero-order valence-electron chi connectivity index (χ0n) is 15.6. The van der Waals surface area contributed by atoms with Gasteiger partial charge < -0.3 is 18.8 Å². The van der Waals surface area contributed by atoms with Gasteiger partial charge in [0.2, 0.25) is 5.91 Å².